The maximum Gasteiger partial charge on any atom is 0.188 e. The Balaban J connectivity index is 2.88. The molecule has 0 atom stereocenters. The predicted molar refractivity (Wildman–Crippen MR) is 41.5 cm³/mol. The van der Waals surface area contributed by atoms with Gasteiger partial charge in [-0.15, -0.1) is 11.3 Å². The normalized spacial score (nSPS) is 9.80. The Hall–Kier alpha value is -0.700. The molecule has 0 unspecified atom stereocenters. The smallest absolute Gasteiger partial charge is 0.188 e. The van der Waals surface area contributed by atoms with Gasteiger partial charge in [0, 0.05) is 12.3 Å². The number of hydrogen-bond donors (Lipinski definition) is 0. The van der Waals surface area contributed by atoms with Crippen molar-refractivity contribution in [1.29, 1.82) is 0 Å². The maximum atomic E-state index is 10.7. The number of rotatable bonds is 2. The number of thiazole rings is 1. The van der Waals surface area contributed by atoms with Gasteiger partial charge in [-0.1, -0.05) is 6.92 Å². The van der Waals surface area contributed by atoms with Crippen LogP contribution < -0.4 is 0 Å². The van der Waals surface area contributed by atoms with Crippen LogP contribution in [0.1, 0.15) is 29.3 Å². The molecule has 0 saturated carbocycles. The van der Waals surface area contributed by atoms with E-state index in [-0.39, 0.29) is 5.78 Å². The first-order chi connectivity index (χ1) is 4.74. The van der Waals surface area contributed by atoms with E-state index in [4.69, 9.17) is 0 Å². The number of hydrogen-bond acceptors (Lipinski definition) is 3. The van der Waals surface area contributed by atoms with Crippen LogP contribution in [0.25, 0.3) is 0 Å². The topological polar surface area (TPSA) is 30.0 Å². The summed E-state index contributed by atoms with van der Waals surface area (Å²) in [4.78, 5) is 14.8. The van der Waals surface area contributed by atoms with Crippen LogP contribution in [-0.2, 0) is 6.42 Å². The van der Waals surface area contributed by atoms with Crippen molar-refractivity contribution in [3.8, 4) is 0 Å². The molecule has 2 nitrogen and oxygen atoms in total. The molecular formula is C7H9NOS. The van der Waals surface area contributed by atoms with Crippen molar-refractivity contribution in [2.75, 3.05) is 0 Å². The molecule has 0 fully saturated rings. The first-order valence-corrected chi connectivity index (χ1v) is 4.07. The van der Waals surface area contributed by atoms with Gasteiger partial charge in [0.05, 0.1) is 5.69 Å². The average molecular weight is 155 g/mol. The minimum absolute atomic E-state index is 0.0599. The summed E-state index contributed by atoms with van der Waals surface area (Å²) in [7, 11) is 0. The molecule has 1 aromatic heterocycles. The molecule has 0 N–H and O–H groups in total. The minimum atomic E-state index is 0.0599. The average Bonchev–Trinajstić information content (AvgIpc) is 2.34. The van der Waals surface area contributed by atoms with E-state index in [1.807, 2.05) is 12.3 Å². The molecule has 1 aromatic rings. The Bertz CT molecular complexity index is 242. The second-order valence-electron chi connectivity index (χ2n) is 2.05. The highest BCUT2D eigenvalue weighted by Gasteiger charge is 2.03. The molecule has 0 aliphatic rings. The molecule has 0 saturated heterocycles. The van der Waals surface area contributed by atoms with Crippen LogP contribution in [-0.4, -0.2) is 10.8 Å². The van der Waals surface area contributed by atoms with Crippen LogP contribution in [0.15, 0.2) is 5.38 Å². The fraction of sp³-hybridized carbons (Fsp3) is 0.429. The van der Waals surface area contributed by atoms with Gasteiger partial charge in [0.1, 0.15) is 0 Å². The van der Waals surface area contributed by atoms with E-state index in [2.05, 4.69) is 4.98 Å². The highest BCUT2D eigenvalue weighted by molar-refractivity contribution is 7.11. The molecule has 1 heterocycles. The van der Waals surface area contributed by atoms with Crippen LogP contribution in [0.3, 0.4) is 0 Å². The number of Topliss-reactive ketones (excluding diaryl/α,β-unsaturated/α-hetero) is 1. The van der Waals surface area contributed by atoms with Gasteiger partial charge in [-0.25, -0.2) is 4.98 Å². The van der Waals surface area contributed by atoms with Crippen molar-refractivity contribution in [1.82, 2.24) is 4.98 Å². The third kappa shape index (κ3) is 1.42. The van der Waals surface area contributed by atoms with Gasteiger partial charge < -0.3 is 0 Å². The highest BCUT2D eigenvalue weighted by atomic mass is 32.1. The van der Waals surface area contributed by atoms with Gasteiger partial charge in [0.2, 0.25) is 0 Å². The van der Waals surface area contributed by atoms with Crippen LogP contribution in [0.5, 0.6) is 0 Å². The van der Waals surface area contributed by atoms with Crippen molar-refractivity contribution in [3.63, 3.8) is 0 Å². The first kappa shape index (κ1) is 7.41. The number of carbonyl (C=O) groups excluding carboxylic acids is 1. The van der Waals surface area contributed by atoms with Gasteiger partial charge in [0.15, 0.2) is 10.8 Å². The zero-order valence-corrected chi connectivity index (χ0v) is 6.86. The summed E-state index contributed by atoms with van der Waals surface area (Å²) in [6.07, 6.45) is 0.907. The van der Waals surface area contributed by atoms with E-state index in [0.717, 1.165) is 12.1 Å². The lowest BCUT2D eigenvalue weighted by molar-refractivity contribution is 0.101. The number of carbonyl (C=O) groups is 1. The molecule has 54 valence electrons. The quantitative estimate of drug-likeness (QED) is 0.610. The van der Waals surface area contributed by atoms with E-state index >= 15 is 0 Å². The molecule has 0 spiro atoms. The summed E-state index contributed by atoms with van der Waals surface area (Å²) in [5.41, 5.74) is 1.01. The van der Waals surface area contributed by atoms with Gasteiger partial charge in [-0.3, -0.25) is 4.79 Å². The summed E-state index contributed by atoms with van der Waals surface area (Å²) < 4.78 is 0. The number of nitrogens with zero attached hydrogens (tertiary/aromatic N) is 1. The minimum Gasteiger partial charge on any atom is -0.292 e. The molecule has 0 aliphatic carbocycles. The molecule has 3 heteroatoms. The van der Waals surface area contributed by atoms with Gasteiger partial charge >= 0.3 is 0 Å². The third-order valence-corrected chi connectivity index (χ3v) is 2.21. The largest absolute Gasteiger partial charge is 0.292 e. The Morgan fingerprint density at radius 1 is 1.80 bits per heavy atom. The van der Waals surface area contributed by atoms with Crippen LogP contribution in [0.2, 0.25) is 0 Å². The zero-order valence-electron chi connectivity index (χ0n) is 6.05. The van der Waals surface area contributed by atoms with Crippen LogP contribution >= 0.6 is 11.3 Å². The number of aryl methyl sites for hydroxylation is 1. The van der Waals surface area contributed by atoms with Gasteiger partial charge in [0.25, 0.3) is 0 Å². The predicted octanol–water partition coefficient (Wildman–Crippen LogP) is 1.91. The summed E-state index contributed by atoms with van der Waals surface area (Å²) in [6.45, 7) is 3.57. The molecule has 0 aromatic carbocycles. The van der Waals surface area contributed by atoms with E-state index in [0.29, 0.717) is 5.01 Å². The van der Waals surface area contributed by atoms with E-state index in [1.165, 1.54) is 18.3 Å². The Kier molecular flexibility index (Phi) is 2.17. The van der Waals surface area contributed by atoms with Crippen molar-refractivity contribution in [3.05, 3.63) is 16.1 Å². The monoisotopic (exact) mass is 155 g/mol. The van der Waals surface area contributed by atoms with E-state index < -0.39 is 0 Å². The number of ketones is 1. The van der Waals surface area contributed by atoms with E-state index in [9.17, 15) is 4.79 Å². The lowest BCUT2D eigenvalue weighted by Gasteiger charge is -1.83. The summed E-state index contributed by atoms with van der Waals surface area (Å²) in [5, 5.41) is 2.55. The standard InChI is InChI=1S/C7H9NOS/c1-3-6-4-10-7(8-6)5(2)9/h4H,3H2,1-2H3. The Labute approximate surface area is 63.9 Å². The van der Waals surface area contributed by atoms with Gasteiger partial charge in [-0.2, -0.15) is 0 Å². The molecule has 1 rings (SSSR count). The molecule has 0 aliphatic heterocycles. The Morgan fingerprint density at radius 2 is 2.50 bits per heavy atom. The molecular weight excluding hydrogens is 146 g/mol. The number of aromatic nitrogens is 1. The second-order valence-corrected chi connectivity index (χ2v) is 2.91. The SMILES string of the molecule is CCc1csc(C(C)=O)n1. The molecule has 0 bridgehead atoms. The third-order valence-electron chi connectivity index (χ3n) is 1.22. The summed E-state index contributed by atoms with van der Waals surface area (Å²) in [6, 6.07) is 0. The lowest BCUT2D eigenvalue weighted by Crippen LogP contribution is -1.90. The summed E-state index contributed by atoms with van der Waals surface area (Å²) >= 11 is 1.42. The highest BCUT2D eigenvalue weighted by Crippen LogP contribution is 2.09. The molecule has 10 heavy (non-hydrogen) atoms. The first-order valence-electron chi connectivity index (χ1n) is 3.19. The van der Waals surface area contributed by atoms with Crippen LogP contribution in [0, 0.1) is 0 Å². The second kappa shape index (κ2) is 2.92. The van der Waals surface area contributed by atoms with Gasteiger partial charge in [-0.05, 0) is 6.42 Å². The molecule has 0 radical (unpaired) electrons. The van der Waals surface area contributed by atoms with Crippen molar-refractivity contribution >= 4 is 17.1 Å². The lowest BCUT2D eigenvalue weighted by atomic mass is 10.4. The van der Waals surface area contributed by atoms with Crippen molar-refractivity contribution in [2.45, 2.75) is 20.3 Å². The summed E-state index contributed by atoms with van der Waals surface area (Å²) in [5.74, 6) is 0.0599. The molecule has 0 amide bonds. The van der Waals surface area contributed by atoms with Crippen molar-refractivity contribution < 1.29 is 4.79 Å². The fourth-order valence-electron chi connectivity index (χ4n) is 0.631. The van der Waals surface area contributed by atoms with E-state index in [1.54, 1.807) is 0 Å². The Morgan fingerprint density at radius 3 is 2.80 bits per heavy atom. The zero-order chi connectivity index (χ0) is 7.56. The van der Waals surface area contributed by atoms with Crippen molar-refractivity contribution in [2.24, 2.45) is 0 Å². The maximum absolute atomic E-state index is 10.7. The van der Waals surface area contributed by atoms with Crippen LogP contribution in [0.4, 0.5) is 0 Å². The fourth-order valence-corrected chi connectivity index (χ4v) is 1.43.